The fourth-order valence-electron chi connectivity index (χ4n) is 4.95. The number of hydrogen-bond acceptors (Lipinski definition) is 4. The fourth-order valence-corrected chi connectivity index (χ4v) is 5.76. The zero-order valence-electron chi connectivity index (χ0n) is 17.2. The number of rotatable bonds is 6. The number of nitrogens with zero attached hydrogens (tertiary/aromatic N) is 3. The first-order chi connectivity index (χ1) is 14.4. The van der Waals surface area contributed by atoms with Gasteiger partial charge in [0.2, 0.25) is 0 Å². The highest BCUT2D eigenvalue weighted by Gasteiger charge is 2.19. The van der Waals surface area contributed by atoms with E-state index in [0.717, 1.165) is 13.1 Å². The molecule has 4 heteroatoms. The molecule has 0 radical (unpaired) electrons. The lowest BCUT2D eigenvalue weighted by Gasteiger charge is -2.36. The average Bonchev–Trinajstić information content (AvgIpc) is 3.26. The second-order valence-electron chi connectivity index (χ2n) is 8.36. The van der Waals surface area contributed by atoms with Crippen molar-refractivity contribution in [1.82, 2.24) is 4.90 Å². The first-order valence-corrected chi connectivity index (χ1v) is 12.0. The van der Waals surface area contributed by atoms with E-state index in [1.54, 1.807) is 0 Å². The number of anilines is 2. The molecule has 2 aliphatic rings. The summed E-state index contributed by atoms with van der Waals surface area (Å²) < 4.78 is 1.41. The summed E-state index contributed by atoms with van der Waals surface area (Å²) in [5.41, 5.74) is 4.44. The summed E-state index contributed by atoms with van der Waals surface area (Å²) in [4.78, 5) is 7.85. The van der Waals surface area contributed by atoms with Crippen molar-refractivity contribution in [3.63, 3.8) is 0 Å². The second kappa shape index (κ2) is 8.76. The third kappa shape index (κ3) is 4.15. The molecule has 0 amide bonds. The van der Waals surface area contributed by atoms with Crippen LogP contribution in [0.1, 0.15) is 24.8 Å². The summed E-state index contributed by atoms with van der Waals surface area (Å²) in [6, 6.07) is 18.0. The highest BCUT2D eigenvalue weighted by atomic mass is 32.1. The van der Waals surface area contributed by atoms with Gasteiger partial charge in [0.05, 0.1) is 0 Å². The van der Waals surface area contributed by atoms with Crippen molar-refractivity contribution < 1.29 is 0 Å². The molecule has 1 saturated heterocycles. The Morgan fingerprint density at radius 1 is 0.759 bits per heavy atom. The lowest BCUT2D eigenvalue weighted by Crippen LogP contribution is -2.46. The molecule has 2 aromatic carbocycles. The SMILES string of the molecule is c1ccc2c(c1)CCCN2CCCCN1CCN(c2cccc3sccc23)CC1. The number of unbranched alkanes of at least 4 members (excludes halogenated alkanes) is 1. The Labute approximate surface area is 178 Å². The minimum Gasteiger partial charge on any atom is -0.371 e. The maximum Gasteiger partial charge on any atom is 0.0455 e. The molecule has 3 heterocycles. The van der Waals surface area contributed by atoms with E-state index in [2.05, 4.69) is 68.6 Å². The van der Waals surface area contributed by atoms with Crippen LogP contribution >= 0.6 is 11.3 Å². The van der Waals surface area contributed by atoms with Crippen LogP contribution in [0.5, 0.6) is 0 Å². The van der Waals surface area contributed by atoms with Crippen LogP contribution in [-0.4, -0.2) is 50.7 Å². The Morgan fingerprint density at radius 3 is 2.52 bits per heavy atom. The predicted molar refractivity (Wildman–Crippen MR) is 127 cm³/mol. The predicted octanol–water partition coefficient (Wildman–Crippen LogP) is 5.26. The Hall–Kier alpha value is -2.04. The molecular weight excluding hydrogens is 374 g/mol. The molecule has 2 aliphatic heterocycles. The maximum atomic E-state index is 2.66. The summed E-state index contributed by atoms with van der Waals surface area (Å²) in [6.45, 7) is 8.34. The van der Waals surface area contributed by atoms with Gasteiger partial charge in [-0.1, -0.05) is 24.3 Å². The molecule has 152 valence electrons. The summed E-state index contributed by atoms with van der Waals surface area (Å²) in [6.07, 6.45) is 5.15. The van der Waals surface area contributed by atoms with Crippen molar-refractivity contribution in [3.8, 4) is 0 Å². The Balaban J connectivity index is 1.08. The Bertz CT molecular complexity index is 942. The van der Waals surface area contributed by atoms with Crippen LogP contribution in [0.3, 0.4) is 0 Å². The van der Waals surface area contributed by atoms with E-state index in [-0.39, 0.29) is 0 Å². The van der Waals surface area contributed by atoms with E-state index in [1.807, 2.05) is 11.3 Å². The van der Waals surface area contributed by atoms with Gasteiger partial charge in [0.25, 0.3) is 0 Å². The molecule has 3 nitrogen and oxygen atoms in total. The minimum atomic E-state index is 1.15. The van der Waals surface area contributed by atoms with E-state index < -0.39 is 0 Å². The molecule has 5 rings (SSSR count). The van der Waals surface area contributed by atoms with Gasteiger partial charge in [0.1, 0.15) is 0 Å². The molecule has 0 N–H and O–H groups in total. The molecule has 0 atom stereocenters. The van der Waals surface area contributed by atoms with Crippen LogP contribution in [0, 0.1) is 0 Å². The summed E-state index contributed by atoms with van der Waals surface area (Å²) >= 11 is 1.85. The number of hydrogen-bond donors (Lipinski definition) is 0. The van der Waals surface area contributed by atoms with Crippen molar-refractivity contribution >= 4 is 32.8 Å². The zero-order valence-corrected chi connectivity index (χ0v) is 18.0. The monoisotopic (exact) mass is 405 g/mol. The molecule has 0 unspecified atom stereocenters. The van der Waals surface area contributed by atoms with Crippen molar-refractivity contribution in [1.29, 1.82) is 0 Å². The van der Waals surface area contributed by atoms with Crippen LogP contribution in [0.25, 0.3) is 10.1 Å². The smallest absolute Gasteiger partial charge is 0.0455 e. The number of aryl methyl sites for hydroxylation is 1. The van der Waals surface area contributed by atoms with Gasteiger partial charge in [-0.15, -0.1) is 11.3 Å². The standard InChI is InChI=1S/C25H31N3S/c1-2-9-23-21(7-1)8-6-15-27(23)14-4-3-13-26-16-18-28(19-17-26)24-10-5-11-25-22(24)12-20-29-25/h1-2,5,7,9-12,20H,3-4,6,8,13-19H2. The summed E-state index contributed by atoms with van der Waals surface area (Å²) in [5, 5.41) is 3.64. The van der Waals surface area contributed by atoms with Crippen LogP contribution in [0.4, 0.5) is 11.4 Å². The average molecular weight is 406 g/mol. The van der Waals surface area contributed by atoms with Crippen LogP contribution in [-0.2, 0) is 6.42 Å². The Morgan fingerprint density at radius 2 is 1.59 bits per heavy atom. The molecule has 1 aromatic heterocycles. The third-order valence-corrected chi connectivity index (χ3v) is 7.43. The Kier molecular flexibility index (Phi) is 5.73. The highest BCUT2D eigenvalue weighted by Crippen LogP contribution is 2.31. The molecule has 1 fully saturated rings. The highest BCUT2D eigenvalue weighted by molar-refractivity contribution is 7.17. The number of thiophene rings is 1. The van der Waals surface area contributed by atoms with E-state index in [0.29, 0.717) is 0 Å². The van der Waals surface area contributed by atoms with Gasteiger partial charge in [-0.05, 0) is 67.4 Å². The van der Waals surface area contributed by atoms with Gasteiger partial charge < -0.3 is 9.80 Å². The molecule has 0 saturated carbocycles. The first kappa shape index (κ1) is 19.0. The van der Waals surface area contributed by atoms with Gasteiger partial charge in [0.15, 0.2) is 0 Å². The van der Waals surface area contributed by atoms with Crippen LogP contribution < -0.4 is 9.80 Å². The second-order valence-corrected chi connectivity index (χ2v) is 9.31. The third-order valence-electron chi connectivity index (χ3n) is 6.54. The minimum absolute atomic E-state index is 1.15. The maximum absolute atomic E-state index is 2.66. The van der Waals surface area contributed by atoms with E-state index in [9.17, 15) is 0 Å². The van der Waals surface area contributed by atoms with Gasteiger partial charge in [-0.25, -0.2) is 0 Å². The van der Waals surface area contributed by atoms with Crippen molar-refractivity contribution in [2.24, 2.45) is 0 Å². The lowest BCUT2D eigenvalue weighted by molar-refractivity contribution is 0.253. The zero-order chi connectivity index (χ0) is 19.5. The fraction of sp³-hybridized carbons (Fsp3) is 0.440. The van der Waals surface area contributed by atoms with E-state index in [1.165, 1.54) is 85.4 Å². The van der Waals surface area contributed by atoms with Crippen LogP contribution in [0.2, 0.25) is 0 Å². The number of benzene rings is 2. The van der Waals surface area contributed by atoms with Gasteiger partial charge in [0, 0.05) is 60.7 Å². The van der Waals surface area contributed by atoms with E-state index >= 15 is 0 Å². The molecule has 0 aliphatic carbocycles. The van der Waals surface area contributed by atoms with Gasteiger partial charge in [-0.3, -0.25) is 4.90 Å². The normalized spacial score (nSPS) is 17.7. The van der Waals surface area contributed by atoms with E-state index in [4.69, 9.17) is 0 Å². The summed E-state index contributed by atoms with van der Waals surface area (Å²) in [5.74, 6) is 0. The van der Waals surface area contributed by atoms with Crippen molar-refractivity contribution in [3.05, 3.63) is 59.5 Å². The largest absolute Gasteiger partial charge is 0.371 e. The number of para-hydroxylation sites is 1. The number of piperazine rings is 1. The molecule has 0 bridgehead atoms. The molecule has 3 aromatic rings. The molecule has 0 spiro atoms. The number of fused-ring (bicyclic) bond motifs is 2. The topological polar surface area (TPSA) is 9.72 Å². The molecule has 29 heavy (non-hydrogen) atoms. The van der Waals surface area contributed by atoms with Gasteiger partial charge >= 0.3 is 0 Å². The lowest BCUT2D eigenvalue weighted by atomic mass is 10.0. The quantitative estimate of drug-likeness (QED) is 0.518. The van der Waals surface area contributed by atoms with Crippen LogP contribution in [0.15, 0.2) is 53.9 Å². The van der Waals surface area contributed by atoms with Gasteiger partial charge in [-0.2, -0.15) is 0 Å². The van der Waals surface area contributed by atoms with Crippen molar-refractivity contribution in [2.45, 2.75) is 25.7 Å². The summed E-state index contributed by atoms with van der Waals surface area (Å²) in [7, 11) is 0. The molecular formula is C25H31N3S. The van der Waals surface area contributed by atoms with Crippen molar-refractivity contribution in [2.75, 3.05) is 55.6 Å². The first-order valence-electron chi connectivity index (χ1n) is 11.1.